The third kappa shape index (κ3) is 6.35. The highest BCUT2D eigenvalue weighted by Gasteiger charge is 2.30. The van der Waals surface area contributed by atoms with Gasteiger partial charge in [-0.3, -0.25) is 9.59 Å². The van der Waals surface area contributed by atoms with E-state index in [1.165, 1.54) is 0 Å². The van der Waals surface area contributed by atoms with Gasteiger partial charge in [-0.15, -0.1) is 0 Å². The topological polar surface area (TPSA) is 49.4 Å². The largest absolute Gasteiger partial charge is 0.357 e. The lowest BCUT2D eigenvalue weighted by molar-refractivity contribution is -0.140. The summed E-state index contributed by atoms with van der Waals surface area (Å²) in [5, 5.41) is 3.66. The van der Waals surface area contributed by atoms with Crippen molar-refractivity contribution in [2.24, 2.45) is 0 Å². The van der Waals surface area contributed by atoms with Crippen LogP contribution in [0.4, 0.5) is 0 Å². The lowest BCUT2D eigenvalue weighted by atomic mass is 10.0. The van der Waals surface area contributed by atoms with Crippen molar-refractivity contribution in [2.75, 3.05) is 7.05 Å². The molecule has 166 valence electrons. The zero-order chi connectivity index (χ0) is 23.1. The zero-order valence-corrected chi connectivity index (χ0v) is 19.7. The van der Waals surface area contributed by atoms with Crippen LogP contribution in [0.5, 0.6) is 0 Å². The maximum Gasteiger partial charge on any atom is 0.242 e. The number of carbonyl (C=O) groups excluding carboxylic acids is 2. The van der Waals surface area contributed by atoms with E-state index in [0.717, 1.165) is 16.7 Å². The Morgan fingerprint density at radius 3 is 2.31 bits per heavy atom. The van der Waals surface area contributed by atoms with Gasteiger partial charge >= 0.3 is 0 Å². The van der Waals surface area contributed by atoms with Crippen molar-refractivity contribution in [2.45, 2.75) is 32.4 Å². The minimum Gasteiger partial charge on any atom is -0.357 e. The molecule has 0 aliphatic carbocycles. The summed E-state index contributed by atoms with van der Waals surface area (Å²) in [6.45, 7) is 2.32. The molecule has 0 heterocycles. The molecule has 0 fully saturated rings. The molecular formula is C26H26Cl2N2O2. The second-order valence-electron chi connectivity index (χ2n) is 7.74. The van der Waals surface area contributed by atoms with Crippen LogP contribution in [-0.4, -0.2) is 29.8 Å². The third-order valence-electron chi connectivity index (χ3n) is 5.31. The van der Waals surface area contributed by atoms with Crippen LogP contribution in [0.25, 0.3) is 0 Å². The number of hydrogen-bond donors (Lipinski definition) is 1. The van der Waals surface area contributed by atoms with Gasteiger partial charge in [0, 0.05) is 30.1 Å². The van der Waals surface area contributed by atoms with Crippen molar-refractivity contribution >= 4 is 35.0 Å². The molecule has 2 amide bonds. The summed E-state index contributed by atoms with van der Waals surface area (Å²) in [4.78, 5) is 28.1. The molecule has 4 nitrogen and oxygen atoms in total. The van der Waals surface area contributed by atoms with E-state index in [2.05, 4.69) is 5.32 Å². The van der Waals surface area contributed by atoms with Gasteiger partial charge in [0.05, 0.1) is 6.42 Å². The Hall–Kier alpha value is -2.82. The van der Waals surface area contributed by atoms with Crippen LogP contribution in [0.2, 0.25) is 10.0 Å². The summed E-state index contributed by atoms with van der Waals surface area (Å²) in [6, 6.07) is 22.1. The number of nitrogens with one attached hydrogen (secondary N) is 1. The number of hydrogen-bond acceptors (Lipinski definition) is 2. The molecule has 6 heteroatoms. The summed E-state index contributed by atoms with van der Waals surface area (Å²) in [5.74, 6) is -0.391. The SMILES string of the molecule is CNC(=O)C(Cc1ccccc1)N(Cc1cccc(C)c1)C(=O)Cc1ccc(Cl)cc1Cl. The number of nitrogens with zero attached hydrogens (tertiary/aromatic N) is 1. The van der Waals surface area contributed by atoms with E-state index in [0.29, 0.717) is 28.6 Å². The minimum atomic E-state index is -0.665. The van der Waals surface area contributed by atoms with Gasteiger partial charge < -0.3 is 10.2 Å². The van der Waals surface area contributed by atoms with Gasteiger partial charge in [-0.1, -0.05) is 89.4 Å². The van der Waals surface area contributed by atoms with E-state index in [4.69, 9.17) is 23.2 Å². The Labute approximate surface area is 199 Å². The number of aryl methyl sites for hydroxylation is 1. The van der Waals surface area contributed by atoms with E-state index >= 15 is 0 Å². The molecule has 0 bridgehead atoms. The first-order chi connectivity index (χ1) is 15.4. The van der Waals surface area contributed by atoms with E-state index in [9.17, 15) is 9.59 Å². The molecule has 0 aliphatic heterocycles. The van der Waals surface area contributed by atoms with Crippen molar-refractivity contribution in [3.05, 3.63) is 105 Å². The molecule has 0 saturated heterocycles. The van der Waals surface area contributed by atoms with Crippen molar-refractivity contribution < 1.29 is 9.59 Å². The Kier molecular flexibility index (Phi) is 8.32. The van der Waals surface area contributed by atoms with Gasteiger partial charge in [0.25, 0.3) is 0 Å². The molecule has 0 aliphatic rings. The molecule has 3 aromatic rings. The zero-order valence-electron chi connectivity index (χ0n) is 18.1. The number of benzene rings is 3. The Bertz CT molecular complexity index is 1090. The Morgan fingerprint density at radius 1 is 0.938 bits per heavy atom. The highest BCUT2D eigenvalue weighted by molar-refractivity contribution is 6.35. The van der Waals surface area contributed by atoms with Crippen LogP contribution >= 0.6 is 23.2 Å². The van der Waals surface area contributed by atoms with Crippen LogP contribution in [0.3, 0.4) is 0 Å². The van der Waals surface area contributed by atoms with Crippen molar-refractivity contribution in [1.29, 1.82) is 0 Å². The van der Waals surface area contributed by atoms with Gasteiger partial charge in [0.15, 0.2) is 0 Å². The quantitative estimate of drug-likeness (QED) is 0.491. The van der Waals surface area contributed by atoms with Gasteiger partial charge in [0.1, 0.15) is 6.04 Å². The number of amides is 2. The molecule has 3 aromatic carbocycles. The molecule has 0 spiro atoms. The fourth-order valence-electron chi connectivity index (χ4n) is 3.66. The molecule has 0 saturated carbocycles. The first kappa shape index (κ1) is 23.8. The molecule has 1 unspecified atom stereocenters. The highest BCUT2D eigenvalue weighted by Crippen LogP contribution is 2.23. The van der Waals surface area contributed by atoms with Gasteiger partial charge in [-0.2, -0.15) is 0 Å². The van der Waals surface area contributed by atoms with Crippen LogP contribution in [0.1, 0.15) is 22.3 Å². The van der Waals surface area contributed by atoms with E-state index in [1.807, 2.05) is 61.5 Å². The Balaban J connectivity index is 1.96. The lowest BCUT2D eigenvalue weighted by Gasteiger charge is -2.31. The lowest BCUT2D eigenvalue weighted by Crippen LogP contribution is -2.50. The molecule has 1 N–H and O–H groups in total. The summed E-state index contributed by atoms with van der Waals surface area (Å²) in [7, 11) is 1.59. The van der Waals surface area contributed by atoms with E-state index in [1.54, 1.807) is 30.1 Å². The standard InChI is InChI=1S/C26H26Cl2N2O2/c1-18-7-6-10-20(13-18)17-30(25(31)15-21-11-12-22(27)16-23(21)28)24(26(32)29-2)14-19-8-4-3-5-9-19/h3-13,16,24H,14-15,17H2,1-2H3,(H,29,32). The molecule has 0 radical (unpaired) electrons. The first-order valence-electron chi connectivity index (χ1n) is 10.4. The molecular weight excluding hydrogens is 443 g/mol. The van der Waals surface area contributed by atoms with Crippen LogP contribution in [-0.2, 0) is 29.0 Å². The third-order valence-corrected chi connectivity index (χ3v) is 5.90. The predicted octanol–water partition coefficient (Wildman–Crippen LogP) is 5.23. The van der Waals surface area contributed by atoms with Crippen LogP contribution in [0, 0.1) is 6.92 Å². The summed E-state index contributed by atoms with van der Waals surface area (Å²) >= 11 is 12.3. The average molecular weight is 469 g/mol. The van der Waals surface area contributed by atoms with Crippen LogP contribution < -0.4 is 5.32 Å². The number of carbonyl (C=O) groups is 2. The number of halogens is 2. The smallest absolute Gasteiger partial charge is 0.242 e. The van der Waals surface area contributed by atoms with Crippen LogP contribution in [0.15, 0.2) is 72.8 Å². The maximum absolute atomic E-state index is 13.5. The molecule has 32 heavy (non-hydrogen) atoms. The molecule has 1 atom stereocenters. The van der Waals surface area contributed by atoms with Gasteiger partial charge in [0.2, 0.25) is 11.8 Å². The summed E-state index contributed by atoms with van der Waals surface area (Å²) < 4.78 is 0. The van der Waals surface area contributed by atoms with Crippen molar-refractivity contribution in [3.63, 3.8) is 0 Å². The normalized spacial score (nSPS) is 11.6. The van der Waals surface area contributed by atoms with Crippen molar-refractivity contribution in [1.82, 2.24) is 10.2 Å². The van der Waals surface area contributed by atoms with Gasteiger partial charge in [-0.05, 0) is 35.7 Å². The number of likely N-dealkylation sites (N-methyl/N-ethyl adjacent to an activating group) is 1. The predicted molar refractivity (Wildman–Crippen MR) is 130 cm³/mol. The minimum absolute atomic E-state index is 0.0735. The van der Waals surface area contributed by atoms with E-state index in [-0.39, 0.29) is 18.2 Å². The second-order valence-corrected chi connectivity index (χ2v) is 8.59. The summed E-state index contributed by atoms with van der Waals surface area (Å²) in [5.41, 5.74) is 3.70. The fourth-order valence-corrected chi connectivity index (χ4v) is 4.13. The maximum atomic E-state index is 13.5. The molecule has 0 aromatic heterocycles. The highest BCUT2D eigenvalue weighted by atomic mass is 35.5. The van der Waals surface area contributed by atoms with E-state index < -0.39 is 6.04 Å². The number of rotatable bonds is 8. The summed E-state index contributed by atoms with van der Waals surface area (Å²) in [6.07, 6.45) is 0.483. The monoisotopic (exact) mass is 468 g/mol. The second kappa shape index (κ2) is 11.2. The fraction of sp³-hybridized carbons (Fsp3) is 0.231. The molecule has 3 rings (SSSR count). The van der Waals surface area contributed by atoms with Gasteiger partial charge in [-0.25, -0.2) is 0 Å². The average Bonchev–Trinajstić information content (AvgIpc) is 2.78. The Morgan fingerprint density at radius 2 is 1.66 bits per heavy atom. The van der Waals surface area contributed by atoms with Crippen molar-refractivity contribution in [3.8, 4) is 0 Å². The first-order valence-corrected chi connectivity index (χ1v) is 11.2.